The molecule has 2 rings (SSSR count). The molecular formula is C16H24BrNO3. The molecule has 1 aliphatic heterocycles. The lowest BCUT2D eigenvalue weighted by Crippen LogP contribution is -2.54. The van der Waals surface area contributed by atoms with Gasteiger partial charge in [0.2, 0.25) is 0 Å². The maximum atomic E-state index is 6.00. The lowest BCUT2D eigenvalue weighted by atomic mass is 10.1. The molecule has 1 saturated heterocycles. The number of benzene rings is 1. The molecule has 0 saturated carbocycles. The molecule has 0 N–H and O–H groups in total. The van der Waals surface area contributed by atoms with E-state index in [4.69, 9.17) is 14.2 Å². The van der Waals surface area contributed by atoms with E-state index in [9.17, 15) is 0 Å². The summed E-state index contributed by atoms with van der Waals surface area (Å²) < 4.78 is 17.1. The first kappa shape index (κ1) is 16.6. The first-order valence-electron chi connectivity index (χ1n) is 7.26. The summed E-state index contributed by atoms with van der Waals surface area (Å²) in [5.74, 6) is 1.57. The summed E-state index contributed by atoms with van der Waals surface area (Å²) in [4.78, 5) is 2.39. The van der Waals surface area contributed by atoms with E-state index in [1.807, 2.05) is 24.3 Å². The largest absolute Gasteiger partial charge is 0.493 e. The molecule has 4 nitrogen and oxygen atoms in total. The third kappa shape index (κ3) is 4.87. The van der Waals surface area contributed by atoms with Gasteiger partial charge in [-0.3, -0.25) is 4.90 Å². The summed E-state index contributed by atoms with van der Waals surface area (Å²) in [6.07, 6.45) is 0.236. The van der Waals surface area contributed by atoms with Crippen LogP contribution in [0.1, 0.15) is 13.8 Å². The van der Waals surface area contributed by atoms with E-state index in [0.29, 0.717) is 6.61 Å². The van der Waals surface area contributed by atoms with Crippen molar-refractivity contribution in [1.29, 1.82) is 0 Å². The number of nitrogens with zero attached hydrogens (tertiary/aromatic N) is 1. The van der Waals surface area contributed by atoms with Crippen LogP contribution in [0.25, 0.3) is 0 Å². The van der Waals surface area contributed by atoms with Crippen molar-refractivity contribution in [3.8, 4) is 11.5 Å². The smallest absolute Gasteiger partial charge is 0.161 e. The summed E-state index contributed by atoms with van der Waals surface area (Å²) >= 11 is 3.51. The van der Waals surface area contributed by atoms with E-state index in [1.165, 1.54) is 0 Å². The number of para-hydroxylation sites is 2. The van der Waals surface area contributed by atoms with Gasteiger partial charge in [-0.15, -0.1) is 0 Å². The van der Waals surface area contributed by atoms with Gasteiger partial charge in [0.25, 0.3) is 0 Å². The van der Waals surface area contributed by atoms with Gasteiger partial charge in [0, 0.05) is 25.0 Å². The molecule has 1 unspecified atom stereocenters. The van der Waals surface area contributed by atoms with Gasteiger partial charge in [0.05, 0.1) is 18.8 Å². The summed E-state index contributed by atoms with van der Waals surface area (Å²) in [5.41, 5.74) is -0.110. The van der Waals surface area contributed by atoms with Crippen LogP contribution < -0.4 is 9.47 Å². The van der Waals surface area contributed by atoms with Crippen molar-refractivity contribution in [1.82, 2.24) is 4.90 Å². The van der Waals surface area contributed by atoms with Crippen molar-refractivity contribution in [2.45, 2.75) is 25.6 Å². The van der Waals surface area contributed by atoms with Crippen LogP contribution in [0.3, 0.4) is 0 Å². The summed E-state index contributed by atoms with van der Waals surface area (Å²) in [6.45, 7) is 7.65. The molecule has 0 bridgehead atoms. The van der Waals surface area contributed by atoms with E-state index in [1.54, 1.807) is 7.11 Å². The van der Waals surface area contributed by atoms with Gasteiger partial charge in [-0.05, 0) is 26.0 Å². The van der Waals surface area contributed by atoms with Gasteiger partial charge in [-0.2, -0.15) is 0 Å². The second-order valence-electron chi connectivity index (χ2n) is 5.89. The van der Waals surface area contributed by atoms with Crippen molar-refractivity contribution < 1.29 is 14.2 Å². The van der Waals surface area contributed by atoms with Gasteiger partial charge in [-0.25, -0.2) is 0 Å². The number of rotatable bonds is 6. The predicted octanol–water partition coefficient (Wildman–Crippen LogP) is 2.95. The number of hydrogen-bond acceptors (Lipinski definition) is 4. The molecular weight excluding hydrogens is 334 g/mol. The Labute approximate surface area is 135 Å². The highest BCUT2D eigenvalue weighted by molar-refractivity contribution is 9.09. The number of methoxy groups -OCH3 is 1. The molecule has 21 heavy (non-hydrogen) atoms. The van der Waals surface area contributed by atoms with Gasteiger partial charge >= 0.3 is 0 Å². The van der Waals surface area contributed by atoms with Crippen LogP contribution in [-0.4, -0.2) is 55.3 Å². The van der Waals surface area contributed by atoms with Crippen molar-refractivity contribution in [3.63, 3.8) is 0 Å². The van der Waals surface area contributed by atoms with Crippen molar-refractivity contribution >= 4 is 15.9 Å². The molecule has 1 aromatic carbocycles. The average Bonchev–Trinajstić information content (AvgIpc) is 2.46. The third-order valence-corrected chi connectivity index (χ3v) is 4.18. The van der Waals surface area contributed by atoms with Crippen LogP contribution in [0.15, 0.2) is 24.3 Å². The van der Waals surface area contributed by atoms with Crippen LogP contribution in [0.2, 0.25) is 0 Å². The Morgan fingerprint density at radius 3 is 2.71 bits per heavy atom. The molecule has 0 aromatic heterocycles. The van der Waals surface area contributed by atoms with Gasteiger partial charge in [-0.1, -0.05) is 28.1 Å². The molecule has 0 radical (unpaired) electrons. The minimum absolute atomic E-state index is 0.110. The SMILES string of the molecule is COc1ccccc1OCCN1CC(CBr)OC(C)(C)C1. The Balaban J connectivity index is 1.85. The number of ether oxygens (including phenoxy) is 3. The zero-order valence-corrected chi connectivity index (χ0v) is 14.6. The van der Waals surface area contributed by atoms with Crippen molar-refractivity contribution in [2.75, 3.05) is 38.7 Å². The highest BCUT2D eigenvalue weighted by Crippen LogP contribution is 2.26. The van der Waals surface area contributed by atoms with Crippen LogP contribution in [0.5, 0.6) is 11.5 Å². The number of morpholine rings is 1. The average molecular weight is 358 g/mol. The molecule has 1 atom stereocenters. The van der Waals surface area contributed by atoms with E-state index >= 15 is 0 Å². The van der Waals surface area contributed by atoms with Gasteiger partial charge in [0.15, 0.2) is 11.5 Å². The minimum atomic E-state index is -0.110. The summed E-state index contributed by atoms with van der Waals surface area (Å²) in [7, 11) is 1.66. The first-order chi connectivity index (χ1) is 10.0. The molecule has 1 fully saturated rings. The molecule has 1 aliphatic rings. The van der Waals surface area contributed by atoms with Crippen LogP contribution in [0.4, 0.5) is 0 Å². The maximum Gasteiger partial charge on any atom is 0.161 e. The van der Waals surface area contributed by atoms with Crippen molar-refractivity contribution in [2.24, 2.45) is 0 Å². The van der Waals surface area contributed by atoms with E-state index < -0.39 is 0 Å². The first-order valence-corrected chi connectivity index (χ1v) is 8.38. The Bertz CT molecular complexity index is 453. The molecule has 118 valence electrons. The number of alkyl halides is 1. The molecule has 0 spiro atoms. The highest BCUT2D eigenvalue weighted by atomic mass is 79.9. The van der Waals surface area contributed by atoms with Crippen LogP contribution in [-0.2, 0) is 4.74 Å². The lowest BCUT2D eigenvalue weighted by molar-refractivity contribution is -0.127. The Morgan fingerprint density at radius 1 is 1.33 bits per heavy atom. The summed E-state index contributed by atoms with van der Waals surface area (Å²) in [5, 5.41) is 0.861. The fourth-order valence-electron chi connectivity index (χ4n) is 2.69. The topological polar surface area (TPSA) is 30.9 Å². The van der Waals surface area contributed by atoms with Crippen LogP contribution in [0, 0.1) is 0 Å². The fraction of sp³-hybridized carbons (Fsp3) is 0.625. The second kappa shape index (κ2) is 7.47. The number of hydrogen-bond donors (Lipinski definition) is 0. The van der Waals surface area contributed by atoms with Gasteiger partial charge < -0.3 is 14.2 Å². The van der Waals surface area contributed by atoms with E-state index in [0.717, 1.165) is 36.5 Å². The van der Waals surface area contributed by atoms with E-state index in [2.05, 4.69) is 34.7 Å². The fourth-order valence-corrected chi connectivity index (χ4v) is 3.03. The standard InChI is InChI=1S/C16H24BrNO3/c1-16(2)12-18(11-13(10-17)21-16)8-9-20-15-7-5-4-6-14(15)19-3/h4-7,13H,8-12H2,1-3H3. The van der Waals surface area contributed by atoms with Crippen molar-refractivity contribution in [3.05, 3.63) is 24.3 Å². The molecule has 1 aromatic rings. The van der Waals surface area contributed by atoms with E-state index in [-0.39, 0.29) is 11.7 Å². The minimum Gasteiger partial charge on any atom is -0.493 e. The second-order valence-corrected chi connectivity index (χ2v) is 6.54. The quantitative estimate of drug-likeness (QED) is 0.732. The molecule has 0 aliphatic carbocycles. The maximum absolute atomic E-state index is 6.00. The van der Waals surface area contributed by atoms with Crippen LogP contribution >= 0.6 is 15.9 Å². The Morgan fingerprint density at radius 2 is 2.05 bits per heavy atom. The summed E-state index contributed by atoms with van der Waals surface area (Å²) in [6, 6.07) is 7.74. The Hall–Kier alpha value is -0.780. The monoisotopic (exact) mass is 357 g/mol. The molecule has 1 heterocycles. The normalized spacial score (nSPS) is 22.0. The third-order valence-electron chi connectivity index (χ3n) is 3.46. The predicted molar refractivity (Wildman–Crippen MR) is 87.7 cm³/mol. The number of halogens is 1. The molecule has 5 heteroatoms. The zero-order chi connectivity index (χ0) is 15.3. The molecule has 0 amide bonds. The zero-order valence-electron chi connectivity index (χ0n) is 13.0. The Kier molecular flexibility index (Phi) is 5.90. The highest BCUT2D eigenvalue weighted by Gasteiger charge is 2.32. The lowest BCUT2D eigenvalue weighted by Gasteiger charge is -2.42. The van der Waals surface area contributed by atoms with Gasteiger partial charge in [0.1, 0.15) is 6.61 Å².